The molecule has 0 bridgehead atoms. The van der Waals surface area contributed by atoms with Crippen molar-refractivity contribution < 1.29 is 0 Å². The van der Waals surface area contributed by atoms with Crippen molar-refractivity contribution in [1.82, 2.24) is 10.6 Å². The second kappa shape index (κ2) is 9.34. The van der Waals surface area contributed by atoms with Crippen LogP contribution in [0.3, 0.4) is 0 Å². The molecule has 2 N–H and O–H groups in total. The van der Waals surface area contributed by atoms with Gasteiger partial charge in [0.25, 0.3) is 0 Å². The summed E-state index contributed by atoms with van der Waals surface area (Å²) in [5, 5.41) is 6.45. The second-order valence-corrected chi connectivity index (χ2v) is 4.21. The maximum atomic E-state index is 4.06. The quantitative estimate of drug-likeness (QED) is 0.600. The Morgan fingerprint density at radius 2 is 2.00 bits per heavy atom. The molecule has 0 amide bonds. The maximum absolute atomic E-state index is 4.06. The Bertz CT molecular complexity index is 348. The smallest absolute Gasteiger partial charge is 0.0656 e. The van der Waals surface area contributed by atoms with Gasteiger partial charge in [-0.25, -0.2) is 0 Å². The van der Waals surface area contributed by atoms with Gasteiger partial charge in [0.05, 0.1) is 6.04 Å². The van der Waals surface area contributed by atoms with Gasteiger partial charge in [0.2, 0.25) is 0 Å². The molecule has 2 nitrogen and oxygen atoms in total. The fourth-order valence-electron chi connectivity index (χ4n) is 1.52. The molecule has 0 aromatic heterocycles. The van der Waals surface area contributed by atoms with Crippen LogP contribution >= 0.6 is 0 Å². The van der Waals surface area contributed by atoms with Gasteiger partial charge < -0.3 is 10.6 Å². The van der Waals surface area contributed by atoms with Gasteiger partial charge in [0.15, 0.2) is 0 Å². The van der Waals surface area contributed by atoms with Crippen molar-refractivity contribution in [2.45, 2.75) is 39.7 Å². The molecule has 0 aromatic carbocycles. The zero-order chi connectivity index (χ0) is 14.0. The van der Waals surface area contributed by atoms with E-state index in [4.69, 9.17) is 0 Å². The van der Waals surface area contributed by atoms with Crippen LogP contribution < -0.4 is 10.6 Å². The van der Waals surface area contributed by atoms with Crippen molar-refractivity contribution in [1.29, 1.82) is 0 Å². The van der Waals surface area contributed by atoms with Crippen LogP contribution in [-0.4, -0.2) is 6.04 Å². The van der Waals surface area contributed by atoms with E-state index in [-0.39, 0.29) is 6.04 Å². The number of allylic oxidation sites excluding steroid dienone is 4. The van der Waals surface area contributed by atoms with Crippen LogP contribution in [0.15, 0.2) is 61.1 Å². The van der Waals surface area contributed by atoms with Gasteiger partial charge in [-0.3, -0.25) is 0 Å². The highest BCUT2D eigenvalue weighted by atomic mass is 15.0. The van der Waals surface area contributed by atoms with Gasteiger partial charge in [0.1, 0.15) is 0 Å². The molecule has 0 saturated carbocycles. The highest BCUT2D eigenvalue weighted by Crippen LogP contribution is 2.11. The molecular formula is C16H26N2. The van der Waals surface area contributed by atoms with Gasteiger partial charge in [-0.2, -0.15) is 0 Å². The molecule has 0 heterocycles. The third kappa shape index (κ3) is 6.14. The number of hydrogen-bond donors (Lipinski definition) is 2. The summed E-state index contributed by atoms with van der Waals surface area (Å²) in [6.45, 7) is 17.9. The van der Waals surface area contributed by atoms with E-state index in [0.717, 1.165) is 29.8 Å². The molecule has 0 spiro atoms. The van der Waals surface area contributed by atoms with E-state index in [9.17, 15) is 0 Å². The Labute approximate surface area is 112 Å². The number of rotatable bonds is 9. The standard InChI is InChI=1S/C16H26N2/c1-7-10-12-13(4)14(5)18-16(11-8-2)15(6)17-9-3/h7,9-10,12,16-18H,3,5-6,8,11H2,1-2,4H3/b10-7-,13-12+. The topological polar surface area (TPSA) is 24.1 Å². The lowest BCUT2D eigenvalue weighted by Crippen LogP contribution is -2.34. The first kappa shape index (κ1) is 16.3. The van der Waals surface area contributed by atoms with Gasteiger partial charge >= 0.3 is 0 Å². The van der Waals surface area contributed by atoms with Crippen molar-refractivity contribution in [3.05, 3.63) is 61.1 Å². The SMILES string of the molecule is C=CNC(=C)C(CCC)NC(=C)/C(C)=C/C=C\C. The minimum atomic E-state index is 0.175. The van der Waals surface area contributed by atoms with Crippen LogP contribution in [-0.2, 0) is 0 Å². The molecular weight excluding hydrogens is 220 g/mol. The summed E-state index contributed by atoms with van der Waals surface area (Å²) in [7, 11) is 0. The van der Waals surface area contributed by atoms with Crippen LogP contribution in [0.25, 0.3) is 0 Å². The second-order valence-electron chi connectivity index (χ2n) is 4.21. The summed E-state index contributed by atoms with van der Waals surface area (Å²) in [6.07, 6.45) is 9.79. The van der Waals surface area contributed by atoms with E-state index < -0.39 is 0 Å². The van der Waals surface area contributed by atoms with Crippen molar-refractivity contribution in [3.63, 3.8) is 0 Å². The molecule has 0 rings (SSSR count). The lowest BCUT2D eigenvalue weighted by atomic mass is 10.1. The predicted molar refractivity (Wildman–Crippen MR) is 82.0 cm³/mol. The highest BCUT2D eigenvalue weighted by molar-refractivity contribution is 5.29. The minimum absolute atomic E-state index is 0.175. The molecule has 0 fully saturated rings. The Kier molecular flexibility index (Phi) is 8.46. The van der Waals surface area contributed by atoms with Crippen molar-refractivity contribution in [2.24, 2.45) is 0 Å². The van der Waals surface area contributed by atoms with Crippen LogP contribution in [0, 0.1) is 0 Å². The molecule has 0 aliphatic rings. The predicted octanol–water partition coefficient (Wildman–Crippen LogP) is 4.03. The van der Waals surface area contributed by atoms with Gasteiger partial charge in [0, 0.05) is 11.4 Å². The van der Waals surface area contributed by atoms with Crippen LogP contribution in [0.5, 0.6) is 0 Å². The van der Waals surface area contributed by atoms with Crippen molar-refractivity contribution in [3.8, 4) is 0 Å². The minimum Gasteiger partial charge on any atom is -0.377 e. The highest BCUT2D eigenvalue weighted by Gasteiger charge is 2.11. The van der Waals surface area contributed by atoms with E-state index in [1.165, 1.54) is 0 Å². The first-order chi connectivity index (χ1) is 8.56. The molecule has 0 aliphatic heterocycles. The van der Waals surface area contributed by atoms with E-state index in [1.807, 2.05) is 32.1 Å². The van der Waals surface area contributed by atoms with Crippen molar-refractivity contribution in [2.75, 3.05) is 0 Å². The Balaban J connectivity index is 4.62. The van der Waals surface area contributed by atoms with Gasteiger partial charge in [-0.15, -0.1) is 0 Å². The monoisotopic (exact) mass is 246 g/mol. The van der Waals surface area contributed by atoms with Crippen LogP contribution in [0.4, 0.5) is 0 Å². The third-order valence-electron chi connectivity index (χ3n) is 2.65. The Morgan fingerprint density at radius 1 is 1.33 bits per heavy atom. The lowest BCUT2D eigenvalue weighted by Gasteiger charge is -2.23. The average molecular weight is 246 g/mol. The normalized spacial score (nSPS) is 13.2. The number of hydrogen-bond acceptors (Lipinski definition) is 2. The summed E-state index contributed by atoms with van der Waals surface area (Å²) in [5.41, 5.74) is 2.98. The summed E-state index contributed by atoms with van der Waals surface area (Å²) >= 11 is 0. The van der Waals surface area contributed by atoms with Gasteiger partial charge in [-0.05, 0) is 32.0 Å². The molecule has 0 radical (unpaired) electrons. The summed E-state index contributed by atoms with van der Waals surface area (Å²) in [6, 6.07) is 0.175. The van der Waals surface area contributed by atoms with Crippen LogP contribution in [0.2, 0.25) is 0 Å². The molecule has 0 aliphatic carbocycles. The van der Waals surface area contributed by atoms with E-state index in [0.29, 0.717) is 0 Å². The van der Waals surface area contributed by atoms with Crippen LogP contribution in [0.1, 0.15) is 33.6 Å². The summed E-state index contributed by atoms with van der Waals surface area (Å²) in [4.78, 5) is 0. The first-order valence-electron chi connectivity index (χ1n) is 6.38. The summed E-state index contributed by atoms with van der Waals surface area (Å²) < 4.78 is 0. The van der Waals surface area contributed by atoms with E-state index in [1.54, 1.807) is 6.20 Å². The van der Waals surface area contributed by atoms with E-state index >= 15 is 0 Å². The summed E-state index contributed by atoms with van der Waals surface area (Å²) in [5.74, 6) is 0. The molecule has 2 heteroatoms. The zero-order valence-electron chi connectivity index (χ0n) is 11.9. The average Bonchev–Trinajstić information content (AvgIpc) is 2.35. The largest absolute Gasteiger partial charge is 0.377 e. The molecule has 18 heavy (non-hydrogen) atoms. The van der Waals surface area contributed by atoms with Gasteiger partial charge in [-0.1, -0.05) is 51.3 Å². The third-order valence-corrected chi connectivity index (χ3v) is 2.65. The fourth-order valence-corrected chi connectivity index (χ4v) is 1.52. The Hall–Kier alpha value is -1.70. The Morgan fingerprint density at radius 3 is 2.50 bits per heavy atom. The lowest BCUT2D eigenvalue weighted by molar-refractivity contribution is 0.567. The zero-order valence-corrected chi connectivity index (χ0v) is 11.9. The fraction of sp³-hybridized carbons (Fsp3) is 0.375. The molecule has 0 saturated heterocycles. The maximum Gasteiger partial charge on any atom is 0.0656 e. The molecule has 1 unspecified atom stereocenters. The molecule has 100 valence electrons. The number of nitrogens with one attached hydrogen (secondary N) is 2. The van der Waals surface area contributed by atoms with Crippen molar-refractivity contribution >= 4 is 0 Å². The molecule has 0 aromatic rings. The van der Waals surface area contributed by atoms with E-state index in [2.05, 4.69) is 37.3 Å². The molecule has 1 atom stereocenters. The first-order valence-corrected chi connectivity index (χ1v) is 6.38.